The molecule has 0 aromatic carbocycles. The number of hydrogen-bond donors (Lipinski definition) is 0. The SMILES string of the molecule is [B]c1cc(C(=O)CC)cs1. The second-order valence-electron chi connectivity index (χ2n) is 2.01. The van der Waals surface area contributed by atoms with Gasteiger partial charge in [0.1, 0.15) is 7.85 Å². The lowest BCUT2D eigenvalue weighted by Crippen LogP contribution is -1.96. The Morgan fingerprint density at radius 1 is 1.80 bits per heavy atom. The summed E-state index contributed by atoms with van der Waals surface area (Å²) < 4.78 is 0.705. The van der Waals surface area contributed by atoms with E-state index in [1.165, 1.54) is 11.3 Å². The Hall–Kier alpha value is -0.565. The van der Waals surface area contributed by atoms with Gasteiger partial charge in [-0.2, -0.15) is 11.3 Å². The summed E-state index contributed by atoms with van der Waals surface area (Å²) in [6.07, 6.45) is 0.552. The molecular weight excluding hydrogens is 143 g/mol. The van der Waals surface area contributed by atoms with Crippen molar-refractivity contribution in [2.45, 2.75) is 13.3 Å². The van der Waals surface area contributed by atoms with E-state index < -0.39 is 0 Å². The lowest BCUT2D eigenvalue weighted by Gasteiger charge is -1.87. The van der Waals surface area contributed by atoms with E-state index >= 15 is 0 Å². The highest BCUT2D eigenvalue weighted by molar-refractivity contribution is 7.18. The molecule has 0 spiro atoms. The van der Waals surface area contributed by atoms with Crippen molar-refractivity contribution in [3.05, 3.63) is 17.0 Å². The van der Waals surface area contributed by atoms with Crippen LogP contribution in [0.25, 0.3) is 0 Å². The highest BCUT2D eigenvalue weighted by atomic mass is 32.1. The molecule has 3 heteroatoms. The van der Waals surface area contributed by atoms with Gasteiger partial charge in [-0.1, -0.05) is 6.92 Å². The first kappa shape index (κ1) is 7.54. The summed E-state index contributed by atoms with van der Waals surface area (Å²) in [5, 5.41) is 1.79. The van der Waals surface area contributed by atoms with Crippen molar-refractivity contribution < 1.29 is 4.79 Å². The van der Waals surface area contributed by atoms with Gasteiger partial charge in [0.2, 0.25) is 0 Å². The molecule has 1 nitrogen and oxygen atoms in total. The first-order chi connectivity index (χ1) is 4.74. The van der Waals surface area contributed by atoms with E-state index in [0.29, 0.717) is 11.2 Å². The largest absolute Gasteiger partial charge is 0.294 e. The molecule has 2 radical (unpaired) electrons. The summed E-state index contributed by atoms with van der Waals surface area (Å²) in [6, 6.07) is 1.72. The molecule has 1 aromatic rings. The summed E-state index contributed by atoms with van der Waals surface area (Å²) in [5.41, 5.74) is 0.741. The lowest BCUT2D eigenvalue weighted by atomic mass is 10.1. The third kappa shape index (κ3) is 1.48. The molecule has 0 unspecified atom stereocenters. The van der Waals surface area contributed by atoms with Gasteiger partial charge in [-0.05, 0) is 10.8 Å². The van der Waals surface area contributed by atoms with Gasteiger partial charge >= 0.3 is 0 Å². The second-order valence-corrected chi connectivity index (χ2v) is 2.96. The van der Waals surface area contributed by atoms with E-state index in [-0.39, 0.29) is 5.78 Å². The minimum Gasteiger partial charge on any atom is -0.294 e. The van der Waals surface area contributed by atoms with Gasteiger partial charge in [0.25, 0.3) is 0 Å². The van der Waals surface area contributed by atoms with Crippen LogP contribution in [0.2, 0.25) is 0 Å². The maximum Gasteiger partial charge on any atom is 0.163 e. The van der Waals surface area contributed by atoms with Gasteiger partial charge in [-0.3, -0.25) is 4.79 Å². The Bertz CT molecular complexity index is 242. The molecule has 1 rings (SSSR count). The number of hydrogen-bond acceptors (Lipinski definition) is 2. The van der Waals surface area contributed by atoms with E-state index in [1.54, 1.807) is 11.4 Å². The smallest absolute Gasteiger partial charge is 0.163 e. The predicted molar refractivity (Wildman–Crippen MR) is 44.3 cm³/mol. The molecule has 0 aliphatic rings. The molecular formula is C7H7BOS. The average Bonchev–Trinajstić information content (AvgIpc) is 2.34. The van der Waals surface area contributed by atoms with Crippen LogP contribution in [0.3, 0.4) is 0 Å². The zero-order chi connectivity index (χ0) is 7.56. The number of ketones is 1. The third-order valence-electron chi connectivity index (χ3n) is 1.26. The molecule has 0 saturated heterocycles. The third-order valence-corrected chi connectivity index (χ3v) is 2.02. The predicted octanol–water partition coefficient (Wildman–Crippen LogP) is 1.13. The maximum atomic E-state index is 11.0. The molecule has 0 amide bonds. The van der Waals surface area contributed by atoms with Gasteiger partial charge in [0.15, 0.2) is 5.78 Å². The highest BCUT2D eigenvalue weighted by Crippen LogP contribution is 2.05. The Balaban J connectivity index is 2.85. The van der Waals surface area contributed by atoms with E-state index in [4.69, 9.17) is 7.85 Å². The summed E-state index contributed by atoms with van der Waals surface area (Å²) in [7, 11) is 5.44. The standard InChI is InChI=1S/C7H7BOS/c1-2-6(9)5-3-7(8)10-4-5/h3-4H,2H2,1H3. The van der Waals surface area contributed by atoms with Crippen molar-refractivity contribution in [2.75, 3.05) is 0 Å². The monoisotopic (exact) mass is 150 g/mol. The van der Waals surface area contributed by atoms with E-state index in [9.17, 15) is 4.79 Å². The summed E-state index contributed by atoms with van der Waals surface area (Å²) in [5.74, 6) is 0.160. The van der Waals surface area contributed by atoms with Crippen LogP contribution in [0.5, 0.6) is 0 Å². The minimum absolute atomic E-state index is 0.160. The van der Waals surface area contributed by atoms with Crippen LogP contribution in [-0.2, 0) is 0 Å². The normalized spacial score (nSPS) is 9.70. The van der Waals surface area contributed by atoms with Crippen LogP contribution in [0.15, 0.2) is 11.4 Å². The molecule has 0 aliphatic carbocycles. The first-order valence-electron chi connectivity index (χ1n) is 3.11. The van der Waals surface area contributed by atoms with Crippen LogP contribution in [0.4, 0.5) is 0 Å². The molecule has 0 atom stereocenters. The number of rotatable bonds is 2. The Morgan fingerprint density at radius 3 is 2.90 bits per heavy atom. The van der Waals surface area contributed by atoms with Gasteiger partial charge in [-0.15, -0.1) is 0 Å². The van der Waals surface area contributed by atoms with Gasteiger partial charge in [0.05, 0.1) is 0 Å². The van der Waals surface area contributed by atoms with E-state index in [1.807, 2.05) is 6.92 Å². The second kappa shape index (κ2) is 3.02. The van der Waals surface area contributed by atoms with Crippen molar-refractivity contribution in [2.24, 2.45) is 0 Å². The van der Waals surface area contributed by atoms with Crippen LogP contribution < -0.4 is 4.78 Å². The van der Waals surface area contributed by atoms with Crippen LogP contribution in [0.1, 0.15) is 23.7 Å². The molecule has 0 N–H and O–H groups in total. The topological polar surface area (TPSA) is 17.1 Å². The summed E-state index contributed by atoms with van der Waals surface area (Å²) in [4.78, 5) is 11.0. The molecule has 0 aliphatic heterocycles. The zero-order valence-electron chi connectivity index (χ0n) is 5.76. The number of thiophene rings is 1. The lowest BCUT2D eigenvalue weighted by molar-refractivity contribution is 0.0988. The van der Waals surface area contributed by atoms with Crippen molar-refractivity contribution in [1.82, 2.24) is 0 Å². The Kier molecular flexibility index (Phi) is 2.27. The average molecular weight is 150 g/mol. The van der Waals surface area contributed by atoms with Crippen molar-refractivity contribution in [3.63, 3.8) is 0 Å². The van der Waals surface area contributed by atoms with Gasteiger partial charge < -0.3 is 0 Å². The minimum atomic E-state index is 0.160. The number of Topliss-reactive ketones (excluding diaryl/α,β-unsaturated/α-hetero) is 1. The highest BCUT2D eigenvalue weighted by Gasteiger charge is 2.02. The molecule has 1 aromatic heterocycles. The summed E-state index contributed by atoms with van der Waals surface area (Å²) >= 11 is 1.41. The fourth-order valence-electron chi connectivity index (χ4n) is 0.703. The first-order valence-corrected chi connectivity index (χ1v) is 3.99. The number of carbonyl (C=O) groups is 1. The summed E-state index contributed by atoms with van der Waals surface area (Å²) in [6.45, 7) is 1.84. The maximum absolute atomic E-state index is 11.0. The fraction of sp³-hybridized carbons (Fsp3) is 0.286. The molecule has 1 heterocycles. The van der Waals surface area contributed by atoms with E-state index in [0.717, 1.165) is 5.56 Å². The quantitative estimate of drug-likeness (QED) is 0.456. The molecule has 0 bridgehead atoms. The van der Waals surface area contributed by atoms with Gasteiger partial charge in [0, 0.05) is 17.4 Å². The molecule has 10 heavy (non-hydrogen) atoms. The van der Waals surface area contributed by atoms with E-state index in [2.05, 4.69) is 0 Å². The molecule has 50 valence electrons. The van der Waals surface area contributed by atoms with Crippen LogP contribution >= 0.6 is 11.3 Å². The van der Waals surface area contributed by atoms with Crippen molar-refractivity contribution >= 4 is 29.7 Å². The van der Waals surface area contributed by atoms with Crippen LogP contribution in [0, 0.1) is 0 Å². The van der Waals surface area contributed by atoms with Crippen molar-refractivity contribution in [3.8, 4) is 0 Å². The zero-order valence-corrected chi connectivity index (χ0v) is 6.57. The Morgan fingerprint density at radius 2 is 2.50 bits per heavy atom. The fourth-order valence-corrected chi connectivity index (χ4v) is 1.36. The van der Waals surface area contributed by atoms with Gasteiger partial charge in [-0.25, -0.2) is 0 Å². The Labute approximate surface area is 65.5 Å². The van der Waals surface area contributed by atoms with Crippen molar-refractivity contribution in [1.29, 1.82) is 0 Å². The number of carbonyl (C=O) groups excluding carboxylic acids is 1. The molecule has 0 saturated carbocycles. The molecule has 0 fully saturated rings. The van der Waals surface area contributed by atoms with Crippen LogP contribution in [-0.4, -0.2) is 13.6 Å².